The number of fused-ring (bicyclic) bond motifs is 1. The van der Waals surface area contributed by atoms with E-state index < -0.39 is 0 Å². The molecule has 154 valence electrons. The summed E-state index contributed by atoms with van der Waals surface area (Å²) in [5.41, 5.74) is 6.39. The van der Waals surface area contributed by atoms with Gasteiger partial charge in [-0.2, -0.15) is 10.1 Å². The van der Waals surface area contributed by atoms with Crippen LogP contribution in [0.3, 0.4) is 0 Å². The molecule has 28 heavy (non-hydrogen) atoms. The molecular formula is C16H26ClN9O2. The van der Waals surface area contributed by atoms with Gasteiger partial charge >= 0.3 is 0 Å². The molecule has 0 spiro atoms. The van der Waals surface area contributed by atoms with Gasteiger partial charge in [-0.1, -0.05) is 19.0 Å². The van der Waals surface area contributed by atoms with Crippen LogP contribution < -0.4 is 21.5 Å². The molecule has 0 bridgehead atoms. The van der Waals surface area contributed by atoms with E-state index in [0.29, 0.717) is 35.9 Å². The summed E-state index contributed by atoms with van der Waals surface area (Å²) in [6, 6.07) is -0.347. The summed E-state index contributed by atoms with van der Waals surface area (Å²) in [6.07, 6.45) is 3.07. The van der Waals surface area contributed by atoms with E-state index >= 15 is 0 Å². The Morgan fingerprint density at radius 3 is 3.00 bits per heavy atom. The molecule has 1 amide bonds. The first kappa shape index (κ1) is 20.6. The smallest absolute Gasteiger partial charge is 0.249 e. The molecule has 2 aromatic heterocycles. The fraction of sp³-hybridized carbons (Fsp3) is 0.688. The monoisotopic (exact) mass is 411 g/mol. The second-order valence-electron chi connectivity index (χ2n) is 7.51. The van der Waals surface area contributed by atoms with Crippen LogP contribution in [0.4, 0.5) is 0 Å². The van der Waals surface area contributed by atoms with Crippen LogP contribution in [0.5, 0.6) is 0 Å². The Labute approximate surface area is 168 Å². The fourth-order valence-corrected chi connectivity index (χ4v) is 3.72. The predicted molar refractivity (Wildman–Crippen MR) is 102 cm³/mol. The fourth-order valence-electron chi connectivity index (χ4n) is 3.72. The minimum absolute atomic E-state index is 0. The first-order chi connectivity index (χ1) is 13.1. The number of H-pyrrole nitrogens is 1. The lowest BCUT2D eigenvalue weighted by Crippen LogP contribution is -2.50. The van der Waals surface area contributed by atoms with Crippen LogP contribution in [0.2, 0.25) is 0 Å². The van der Waals surface area contributed by atoms with Crippen LogP contribution in [-0.4, -0.2) is 56.4 Å². The van der Waals surface area contributed by atoms with Crippen molar-refractivity contribution >= 4 is 18.3 Å². The Hall–Kier alpha value is -2.08. The Bertz CT molecular complexity index is 766. The molecule has 2 aliphatic heterocycles. The van der Waals surface area contributed by atoms with Crippen LogP contribution >= 0.6 is 12.4 Å². The summed E-state index contributed by atoms with van der Waals surface area (Å²) in [4.78, 5) is 21.4. The van der Waals surface area contributed by atoms with E-state index in [1.54, 1.807) is 0 Å². The number of nitrogens with zero attached hydrogens (tertiary/aromatic N) is 4. The molecule has 0 radical (unpaired) electrons. The Morgan fingerprint density at radius 2 is 2.25 bits per heavy atom. The van der Waals surface area contributed by atoms with Crippen molar-refractivity contribution in [3.05, 3.63) is 12.2 Å². The molecule has 2 aliphatic rings. The van der Waals surface area contributed by atoms with Gasteiger partial charge in [0.05, 0.1) is 0 Å². The Morgan fingerprint density at radius 1 is 1.39 bits per heavy atom. The normalized spacial score (nSPS) is 25.2. The van der Waals surface area contributed by atoms with Crippen molar-refractivity contribution < 1.29 is 9.32 Å². The number of hydrogen-bond acceptors (Lipinski definition) is 9. The molecule has 2 fully saturated rings. The number of hydrazine groups is 1. The van der Waals surface area contributed by atoms with Crippen molar-refractivity contribution in [3.8, 4) is 11.6 Å². The molecule has 4 unspecified atom stereocenters. The van der Waals surface area contributed by atoms with E-state index in [-0.39, 0.29) is 36.3 Å². The van der Waals surface area contributed by atoms with Gasteiger partial charge in [0.2, 0.25) is 17.6 Å². The van der Waals surface area contributed by atoms with E-state index in [0.717, 1.165) is 19.5 Å². The second-order valence-corrected chi connectivity index (χ2v) is 7.51. The number of aromatic nitrogens is 5. The summed E-state index contributed by atoms with van der Waals surface area (Å²) in [6.45, 7) is 5.95. The van der Waals surface area contributed by atoms with Crippen LogP contribution in [-0.2, 0) is 4.79 Å². The van der Waals surface area contributed by atoms with E-state index in [9.17, 15) is 4.79 Å². The second kappa shape index (κ2) is 8.95. The van der Waals surface area contributed by atoms with Gasteiger partial charge < -0.3 is 15.2 Å². The Balaban J connectivity index is 0.00000225. The molecule has 12 heteroatoms. The van der Waals surface area contributed by atoms with Crippen LogP contribution in [0.25, 0.3) is 11.6 Å². The molecule has 0 saturated carbocycles. The van der Waals surface area contributed by atoms with Gasteiger partial charge in [0.25, 0.3) is 0 Å². The van der Waals surface area contributed by atoms with Crippen molar-refractivity contribution in [2.75, 3.05) is 13.1 Å². The summed E-state index contributed by atoms with van der Waals surface area (Å²) < 4.78 is 5.41. The zero-order valence-corrected chi connectivity index (χ0v) is 16.6. The number of carbonyl (C=O) groups is 1. The highest BCUT2D eigenvalue weighted by Crippen LogP contribution is 2.24. The van der Waals surface area contributed by atoms with Gasteiger partial charge in [-0.15, -0.1) is 12.4 Å². The van der Waals surface area contributed by atoms with E-state index in [1.807, 2.05) is 0 Å². The maximum Gasteiger partial charge on any atom is 0.249 e. The molecule has 2 aromatic rings. The van der Waals surface area contributed by atoms with E-state index in [1.165, 1.54) is 6.33 Å². The first-order valence-electron chi connectivity index (χ1n) is 9.33. The average molecular weight is 412 g/mol. The standard InChI is InChI=1S/C16H25N9O2.ClH/c1-8(2)5-11(16-21-14(25-27-16)13-18-7-19-24-13)20-15(26)12-9-6-17-4-3-10(9)22-23-12;/h7-12,17,22-23H,3-6H2,1-2H3,(H,20,26)(H,18,19,24);1H. The number of nitrogens with one attached hydrogen (secondary N) is 5. The van der Waals surface area contributed by atoms with Gasteiger partial charge in [0.15, 0.2) is 5.82 Å². The molecular weight excluding hydrogens is 386 g/mol. The molecule has 5 N–H and O–H groups in total. The quantitative estimate of drug-likeness (QED) is 0.441. The average Bonchev–Trinajstić information content (AvgIpc) is 3.39. The summed E-state index contributed by atoms with van der Waals surface area (Å²) in [5, 5.41) is 16.9. The minimum Gasteiger partial charge on any atom is -0.343 e. The van der Waals surface area contributed by atoms with Crippen molar-refractivity contribution in [2.24, 2.45) is 11.8 Å². The van der Waals surface area contributed by atoms with Gasteiger partial charge in [0.1, 0.15) is 18.4 Å². The third-order valence-corrected chi connectivity index (χ3v) is 5.05. The zero-order valence-electron chi connectivity index (χ0n) is 15.8. The highest BCUT2D eigenvalue weighted by atomic mass is 35.5. The van der Waals surface area contributed by atoms with E-state index in [4.69, 9.17) is 4.52 Å². The van der Waals surface area contributed by atoms with Crippen LogP contribution in [0, 0.1) is 11.8 Å². The maximum absolute atomic E-state index is 12.9. The molecule has 4 heterocycles. The van der Waals surface area contributed by atoms with Gasteiger partial charge in [-0.05, 0) is 25.3 Å². The van der Waals surface area contributed by atoms with E-state index in [2.05, 4.69) is 60.7 Å². The number of amides is 1. The number of piperidine rings is 1. The lowest BCUT2D eigenvalue weighted by molar-refractivity contribution is -0.125. The molecule has 0 aliphatic carbocycles. The summed E-state index contributed by atoms with van der Waals surface area (Å²) in [5.74, 6) is 1.61. The number of hydrogen-bond donors (Lipinski definition) is 5. The zero-order chi connectivity index (χ0) is 18.8. The van der Waals surface area contributed by atoms with Crippen LogP contribution in [0.15, 0.2) is 10.9 Å². The van der Waals surface area contributed by atoms with Crippen molar-refractivity contribution in [1.29, 1.82) is 0 Å². The Kier molecular flexibility index (Phi) is 6.60. The molecule has 11 nitrogen and oxygen atoms in total. The third kappa shape index (κ3) is 4.32. The highest BCUT2D eigenvalue weighted by Gasteiger charge is 2.42. The lowest BCUT2D eigenvalue weighted by Gasteiger charge is -2.28. The third-order valence-electron chi connectivity index (χ3n) is 5.05. The molecule has 0 aromatic carbocycles. The highest BCUT2D eigenvalue weighted by molar-refractivity contribution is 5.85. The summed E-state index contributed by atoms with van der Waals surface area (Å²) >= 11 is 0. The molecule has 4 rings (SSSR count). The minimum atomic E-state index is -0.362. The maximum atomic E-state index is 12.9. The predicted octanol–water partition coefficient (Wildman–Crippen LogP) is -0.0656. The topological polar surface area (TPSA) is 146 Å². The van der Waals surface area contributed by atoms with Gasteiger partial charge in [-0.3, -0.25) is 15.3 Å². The van der Waals surface area contributed by atoms with Crippen molar-refractivity contribution in [2.45, 2.75) is 44.8 Å². The van der Waals surface area contributed by atoms with Gasteiger partial charge in [-0.25, -0.2) is 10.4 Å². The number of carbonyl (C=O) groups excluding carboxylic acids is 1. The van der Waals surface area contributed by atoms with Gasteiger partial charge in [0, 0.05) is 18.5 Å². The van der Waals surface area contributed by atoms with Crippen molar-refractivity contribution in [3.63, 3.8) is 0 Å². The number of halogens is 1. The number of rotatable bonds is 6. The SMILES string of the molecule is CC(C)CC(NC(=O)C1NNC2CCNCC21)c1nc(-c2ncn[nH]2)no1.Cl. The summed E-state index contributed by atoms with van der Waals surface area (Å²) in [7, 11) is 0. The lowest BCUT2D eigenvalue weighted by atomic mass is 9.89. The molecule has 4 atom stereocenters. The number of aromatic amines is 1. The van der Waals surface area contributed by atoms with Crippen molar-refractivity contribution in [1.82, 2.24) is 46.8 Å². The first-order valence-corrected chi connectivity index (χ1v) is 9.33. The van der Waals surface area contributed by atoms with Crippen LogP contribution in [0.1, 0.15) is 38.6 Å². The molecule has 2 saturated heterocycles. The largest absolute Gasteiger partial charge is 0.343 e.